The van der Waals surface area contributed by atoms with Gasteiger partial charge in [-0.25, -0.2) is 0 Å². The Bertz CT molecular complexity index is 797. The number of rotatable bonds is 2. The molecule has 0 heterocycles. The maximum absolute atomic E-state index is 9.81. The Hall–Kier alpha value is -2.52. The number of nitrogens with two attached hydrogens (primary N) is 1. The zero-order valence-electron chi connectivity index (χ0n) is 15.0. The largest absolute Gasteiger partial charge is 0.400 e. The molecule has 0 spiro atoms. The molecule has 0 fully saturated rings. The summed E-state index contributed by atoms with van der Waals surface area (Å²) in [5.74, 6) is 0.0165. The van der Waals surface area contributed by atoms with Crippen molar-refractivity contribution >= 4 is 0 Å². The van der Waals surface area contributed by atoms with Crippen LogP contribution < -0.4 is 5.73 Å². The van der Waals surface area contributed by atoms with Crippen LogP contribution in [0.4, 0.5) is 0 Å². The molecule has 0 aliphatic heterocycles. The van der Waals surface area contributed by atoms with Gasteiger partial charge in [-0.3, -0.25) is 0 Å². The molecule has 2 aliphatic rings. The van der Waals surface area contributed by atoms with Gasteiger partial charge in [0.15, 0.2) is 0 Å². The molecule has 2 N–H and O–H groups in total. The smallest absolute Gasteiger partial charge is 0.101 e. The number of nitriles is 2. The highest BCUT2D eigenvalue weighted by molar-refractivity contribution is 5.56. The van der Waals surface area contributed by atoms with Crippen LogP contribution in [0.3, 0.4) is 0 Å². The minimum atomic E-state index is -0.448. The van der Waals surface area contributed by atoms with Gasteiger partial charge in [0.05, 0.1) is 17.6 Å². The Kier molecular flexibility index (Phi) is 4.95. The van der Waals surface area contributed by atoms with Gasteiger partial charge in [-0.05, 0) is 48.3 Å². The SMILES string of the molecule is CC(C)c1ccc([C@@H]2C3=C(CCCCC3)C(C#N)=C(N)[C@H]2C#N)cc1. The first-order chi connectivity index (χ1) is 12.1. The number of hydrogen-bond donors (Lipinski definition) is 1. The minimum absolute atomic E-state index is 0.0172. The van der Waals surface area contributed by atoms with Crippen molar-refractivity contribution in [3.63, 3.8) is 0 Å². The molecule has 0 radical (unpaired) electrons. The van der Waals surface area contributed by atoms with Crippen molar-refractivity contribution in [1.29, 1.82) is 10.5 Å². The van der Waals surface area contributed by atoms with Crippen LogP contribution in [0.1, 0.15) is 68.9 Å². The molecule has 2 atom stereocenters. The molecule has 3 nitrogen and oxygen atoms in total. The van der Waals surface area contributed by atoms with Gasteiger partial charge in [-0.1, -0.05) is 50.1 Å². The van der Waals surface area contributed by atoms with E-state index in [1.807, 2.05) is 0 Å². The Balaban J connectivity index is 2.13. The average molecular weight is 331 g/mol. The molecule has 0 saturated heterocycles. The lowest BCUT2D eigenvalue weighted by atomic mass is 9.70. The van der Waals surface area contributed by atoms with Crippen LogP contribution in [-0.2, 0) is 0 Å². The highest BCUT2D eigenvalue weighted by atomic mass is 14.6. The van der Waals surface area contributed by atoms with Crippen LogP contribution in [0, 0.1) is 28.6 Å². The van der Waals surface area contributed by atoms with Crippen molar-refractivity contribution in [3.05, 3.63) is 57.8 Å². The molecule has 0 unspecified atom stereocenters. The summed E-state index contributed by atoms with van der Waals surface area (Å²) in [5.41, 5.74) is 12.2. The van der Waals surface area contributed by atoms with Gasteiger partial charge in [0.1, 0.15) is 6.07 Å². The van der Waals surface area contributed by atoms with Crippen LogP contribution in [0.15, 0.2) is 46.7 Å². The summed E-state index contributed by atoms with van der Waals surface area (Å²) in [6, 6.07) is 13.3. The van der Waals surface area contributed by atoms with Gasteiger partial charge in [0.25, 0.3) is 0 Å². The molecule has 0 amide bonds. The third-order valence-corrected chi connectivity index (χ3v) is 5.61. The summed E-state index contributed by atoms with van der Waals surface area (Å²) in [6.45, 7) is 4.36. The third kappa shape index (κ3) is 3.08. The number of benzene rings is 1. The normalized spacial score (nSPS) is 23.7. The van der Waals surface area contributed by atoms with Crippen LogP contribution in [-0.4, -0.2) is 0 Å². The molecule has 2 aliphatic carbocycles. The van der Waals surface area contributed by atoms with Crippen molar-refractivity contribution in [3.8, 4) is 12.1 Å². The van der Waals surface area contributed by atoms with Gasteiger partial charge < -0.3 is 5.73 Å². The second-order valence-electron chi connectivity index (χ2n) is 7.41. The lowest BCUT2D eigenvalue weighted by Gasteiger charge is -2.33. The molecule has 25 heavy (non-hydrogen) atoms. The van der Waals surface area contributed by atoms with Crippen molar-refractivity contribution in [2.75, 3.05) is 0 Å². The average Bonchev–Trinajstić information content (AvgIpc) is 2.86. The van der Waals surface area contributed by atoms with Crippen molar-refractivity contribution in [2.24, 2.45) is 11.7 Å². The first-order valence-electron chi connectivity index (χ1n) is 9.20. The Labute approximate surface area is 150 Å². The molecule has 0 aromatic heterocycles. The fourth-order valence-electron chi connectivity index (χ4n) is 4.20. The van der Waals surface area contributed by atoms with Crippen LogP contribution in [0.5, 0.6) is 0 Å². The van der Waals surface area contributed by atoms with E-state index < -0.39 is 5.92 Å². The maximum Gasteiger partial charge on any atom is 0.101 e. The number of nitrogens with zero attached hydrogens (tertiary/aromatic N) is 2. The van der Waals surface area contributed by atoms with Gasteiger partial charge in [0, 0.05) is 11.6 Å². The van der Waals surface area contributed by atoms with Gasteiger partial charge in [-0.2, -0.15) is 10.5 Å². The molecule has 128 valence electrons. The summed E-state index contributed by atoms with van der Waals surface area (Å²) < 4.78 is 0. The standard InChI is InChI=1S/C22H25N3/c1-14(2)15-8-10-16(11-9-15)21-18-7-5-3-4-6-17(18)19(12-23)22(25)20(21)13-24/h8-11,14,20-21H,3-7,25H2,1-2H3/t20-,21+/m0/s1. The van der Waals surface area contributed by atoms with E-state index >= 15 is 0 Å². The van der Waals surface area contributed by atoms with E-state index in [2.05, 4.69) is 50.3 Å². The van der Waals surface area contributed by atoms with E-state index in [0.29, 0.717) is 17.2 Å². The maximum atomic E-state index is 9.81. The number of hydrogen-bond acceptors (Lipinski definition) is 3. The van der Waals surface area contributed by atoms with Gasteiger partial charge in [0.2, 0.25) is 0 Å². The molecular weight excluding hydrogens is 306 g/mol. The second-order valence-corrected chi connectivity index (χ2v) is 7.41. The van der Waals surface area contributed by atoms with Crippen LogP contribution in [0.25, 0.3) is 0 Å². The highest BCUT2D eigenvalue weighted by Crippen LogP contribution is 2.47. The number of allylic oxidation sites excluding steroid dienone is 4. The van der Waals surface area contributed by atoms with E-state index in [9.17, 15) is 10.5 Å². The van der Waals surface area contributed by atoms with E-state index in [1.165, 1.54) is 17.6 Å². The monoisotopic (exact) mass is 331 g/mol. The fourth-order valence-corrected chi connectivity index (χ4v) is 4.20. The highest BCUT2D eigenvalue weighted by Gasteiger charge is 2.37. The fraction of sp³-hybridized carbons (Fsp3) is 0.455. The topological polar surface area (TPSA) is 73.6 Å². The molecule has 1 aromatic carbocycles. The van der Waals surface area contributed by atoms with Crippen LogP contribution >= 0.6 is 0 Å². The molecule has 3 heteroatoms. The van der Waals surface area contributed by atoms with Crippen LogP contribution in [0.2, 0.25) is 0 Å². The Morgan fingerprint density at radius 1 is 1.04 bits per heavy atom. The minimum Gasteiger partial charge on any atom is -0.400 e. The summed E-state index contributed by atoms with van der Waals surface area (Å²) in [6.07, 6.45) is 5.24. The molecule has 0 bridgehead atoms. The van der Waals surface area contributed by atoms with Crippen molar-refractivity contribution < 1.29 is 0 Å². The van der Waals surface area contributed by atoms with Crippen molar-refractivity contribution in [1.82, 2.24) is 0 Å². The van der Waals surface area contributed by atoms with Crippen molar-refractivity contribution in [2.45, 2.75) is 57.8 Å². The summed E-state index contributed by atoms with van der Waals surface area (Å²) in [5, 5.41) is 19.4. The summed E-state index contributed by atoms with van der Waals surface area (Å²) >= 11 is 0. The van der Waals surface area contributed by atoms with E-state index in [1.54, 1.807) is 0 Å². The third-order valence-electron chi connectivity index (χ3n) is 5.61. The predicted octanol–water partition coefficient (Wildman–Crippen LogP) is 5.04. The quantitative estimate of drug-likeness (QED) is 0.824. The van der Waals surface area contributed by atoms with Gasteiger partial charge in [-0.15, -0.1) is 0 Å². The Morgan fingerprint density at radius 2 is 1.72 bits per heavy atom. The molecular formula is C22H25N3. The zero-order valence-corrected chi connectivity index (χ0v) is 15.0. The molecule has 3 rings (SSSR count). The van der Waals surface area contributed by atoms with Gasteiger partial charge >= 0.3 is 0 Å². The second kappa shape index (κ2) is 7.16. The van der Waals surface area contributed by atoms with E-state index in [4.69, 9.17) is 5.73 Å². The lowest BCUT2D eigenvalue weighted by Crippen LogP contribution is -2.27. The predicted molar refractivity (Wildman–Crippen MR) is 99.3 cm³/mol. The summed E-state index contributed by atoms with van der Waals surface area (Å²) in [4.78, 5) is 0. The van der Waals surface area contributed by atoms with E-state index in [0.717, 1.165) is 36.8 Å². The Morgan fingerprint density at radius 3 is 2.32 bits per heavy atom. The van der Waals surface area contributed by atoms with E-state index in [-0.39, 0.29) is 5.92 Å². The summed E-state index contributed by atoms with van der Waals surface area (Å²) in [7, 11) is 0. The molecule has 1 aromatic rings. The first-order valence-corrected chi connectivity index (χ1v) is 9.20. The first kappa shape index (κ1) is 17.3. The molecule has 0 saturated carbocycles. The lowest BCUT2D eigenvalue weighted by molar-refractivity contribution is 0.592. The zero-order chi connectivity index (χ0) is 18.0.